The van der Waals surface area contributed by atoms with Gasteiger partial charge in [0.05, 0.1) is 33.5 Å². The van der Waals surface area contributed by atoms with Crippen LogP contribution in [0.3, 0.4) is 0 Å². The molecule has 11 aromatic rings. The Morgan fingerprint density at radius 3 is 1.22 bits per heavy atom. The minimum atomic E-state index is -5.78. The van der Waals surface area contributed by atoms with Crippen molar-refractivity contribution in [2.24, 2.45) is 0 Å². The van der Waals surface area contributed by atoms with E-state index in [2.05, 4.69) is 34.9 Å². The first-order chi connectivity index (χ1) is 31.5. The van der Waals surface area contributed by atoms with Crippen molar-refractivity contribution in [3.8, 4) is 45.3 Å². The fraction of sp³-hybridized carbons (Fsp3) is 0.0545. The van der Waals surface area contributed by atoms with Crippen LogP contribution in [0.25, 0.3) is 88.9 Å². The van der Waals surface area contributed by atoms with Gasteiger partial charge in [-0.25, -0.2) is 9.97 Å². The summed E-state index contributed by atoms with van der Waals surface area (Å²) in [5, 5.41) is 3.97. The first-order valence-electron chi connectivity index (χ1n) is 20.9. The van der Waals surface area contributed by atoms with Crippen LogP contribution in [-0.2, 0) is 5.41 Å². The Morgan fingerprint density at radius 2 is 0.708 bits per heavy atom. The Labute approximate surface area is 368 Å². The average molecular weight is 865 g/mol. The predicted molar refractivity (Wildman–Crippen MR) is 246 cm³/mol. The number of benzene rings is 8. The third-order valence-corrected chi connectivity index (χ3v) is 12.3. The number of fused-ring (bicyclic) bond motifs is 6. The molecule has 11 rings (SSSR count). The van der Waals surface area contributed by atoms with Crippen LogP contribution in [0.15, 0.2) is 206 Å². The molecule has 0 spiro atoms. The molecule has 0 atom stereocenters. The number of nitrogens with zero attached hydrogens (tertiary/aromatic N) is 4. The van der Waals surface area contributed by atoms with Crippen molar-refractivity contribution in [1.82, 2.24) is 19.1 Å². The van der Waals surface area contributed by atoms with Crippen molar-refractivity contribution in [3.05, 3.63) is 217 Å². The van der Waals surface area contributed by atoms with Crippen molar-refractivity contribution in [1.29, 1.82) is 0 Å². The van der Waals surface area contributed by atoms with Crippen molar-refractivity contribution in [2.75, 3.05) is 0 Å². The van der Waals surface area contributed by atoms with Gasteiger partial charge in [0.1, 0.15) is 0 Å². The lowest BCUT2D eigenvalue weighted by atomic mass is 9.72. The maximum absolute atomic E-state index is 15.5. The first kappa shape index (κ1) is 39.8. The van der Waals surface area contributed by atoms with E-state index in [1.807, 2.05) is 126 Å². The molecule has 0 aliphatic carbocycles. The second kappa shape index (κ2) is 15.1. The minimum Gasteiger partial charge on any atom is -0.309 e. The first-order valence-corrected chi connectivity index (χ1v) is 20.9. The quantitative estimate of drug-likeness (QED) is 0.150. The molecule has 0 bridgehead atoms. The second-order valence-corrected chi connectivity index (χ2v) is 16.0. The van der Waals surface area contributed by atoms with Gasteiger partial charge in [0, 0.05) is 49.6 Å². The summed E-state index contributed by atoms with van der Waals surface area (Å²) in [5.41, 5.74) is 1.27. The lowest BCUT2D eigenvalue weighted by molar-refractivity contribution is -0.288. The minimum absolute atomic E-state index is 0.326. The average Bonchev–Trinajstić information content (AvgIpc) is 3.84. The molecular weight excluding hydrogens is 831 g/mol. The van der Waals surface area contributed by atoms with Crippen LogP contribution in [0.2, 0.25) is 0 Å². The Morgan fingerprint density at radius 1 is 0.323 bits per heavy atom. The van der Waals surface area contributed by atoms with E-state index >= 15 is 26.3 Å². The molecule has 0 aliphatic heterocycles. The van der Waals surface area contributed by atoms with E-state index in [1.54, 1.807) is 6.07 Å². The summed E-state index contributed by atoms with van der Waals surface area (Å²) in [4.78, 5) is 9.45. The molecule has 0 unspecified atom stereocenters. The van der Waals surface area contributed by atoms with Crippen LogP contribution in [0.1, 0.15) is 11.1 Å². The van der Waals surface area contributed by atoms with E-state index in [-0.39, 0.29) is 0 Å². The van der Waals surface area contributed by atoms with Crippen LogP contribution >= 0.6 is 0 Å². The zero-order valence-electron chi connectivity index (χ0n) is 34.2. The van der Waals surface area contributed by atoms with Gasteiger partial charge in [0.25, 0.3) is 0 Å². The largest absolute Gasteiger partial charge is 0.411 e. The van der Waals surface area contributed by atoms with Gasteiger partial charge in [-0.05, 0) is 65.7 Å². The number of para-hydroxylation sites is 3. The van der Waals surface area contributed by atoms with Crippen LogP contribution < -0.4 is 0 Å². The zero-order valence-corrected chi connectivity index (χ0v) is 34.2. The van der Waals surface area contributed by atoms with E-state index in [1.165, 1.54) is 24.3 Å². The third kappa shape index (κ3) is 6.38. The molecule has 316 valence electrons. The number of rotatable bonds is 7. The zero-order chi connectivity index (χ0) is 44.5. The molecular formula is C55H34F6N4. The molecule has 3 heterocycles. The smallest absolute Gasteiger partial charge is 0.309 e. The van der Waals surface area contributed by atoms with Crippen molar-refractivity contribution in [2.45, 2.75) is 17.8 Å². The second-order valence-electron chi connectivity index (χ2n) is 16.0. The van der Waals surface area contributed by atoms with Crippen molar-refractivity contribution in [3.63, 3.8) is 0 Å². The summed E-state index contributed by atoms with van der Waals surface area (Å²) in [5.74, 6) is 0.359. The molecule has 0 aliphatic rings. The molecule has 0 fully saturated rings. The molecule has 3 aromatic heterocycles. The molecule has 0 saturated carbocycles. The monoisotopic (exact) mass is 864 g/mol. The lowest BCUT2D eigenvalue weighted by Crippen LogP contribution is -2.54. The Bertz CT molecular complexity index is 3430. The van der Waals surface area contributed by atoms with E-state index in [0.717, 1.165) is 79.1 Å². The Balaban J connectivity index is 1.01. The summed E-state index contributed by atoms with van der Waals surface area (Å²) in [6, 6.07) is 59.0. The number of halogens is 6. The summed E-state index contributed by atoms with van der Waals surface area (Å²) in [6.45, 7) is 0. The highest BCUT2D eigenvalue weighted by molar-refractivity contribution is 6.12. The van der Waals surface area contributed by atoms with Crippen molar-refractivity contribution >= 4 is 43.6 Å². The van der Waals surface area contributed by atoms with Crippen LogP contribution in [-0.4, -0.2) is 31.5 Å². The topological polar surface area (TPSA) is 35.6 Å². The summed E-state index contributed by atoms with van der Waals surface area (Å²) in [6.07, 6.45) is -11.6. The predicted octanol–water partition coefficient (Wildman–Crippen LogP) is 15.1. The van der Waals surface area contributed by atoms with Crippen LogP contribution in [0, 0.1) is 0 Å². The normalized spacial score (nSPS) is 12.5. The maximum atomic E-state index is 15.5. The SMILES string of the molecule is FC(F)(F)C(c1ccc(-c2cc(-c3ccccc3)nc(-c3ccccc3)n2)cc1)(c1ccc(-n2c3ccccc3c3cc(-n4c5ccccc5c5ccccc54)ccc32)cc1)C(F)(F)F. The lowest BCUT2D eigenvalue weighted by Gasteiger charge is -2.38. The van der Waals surface area contributed by atoms with Gasteiger partial charge in [-0.2, -0.15) is 26.3 Å². The molecule has 4 nitrogen and oxygen atoms in total. The van der Waals surface area contributed by atoms with Crippen LogP contribution in [0.4, 0.5) is 26.3 Å². The van der Waals surface area contributed by atoms with Gasteiger partial charge in [-0.3, -0.25) is 0 Å². The van der Waals surface area contributed by atoms with Gasteiger partial charge >= 0.3 is 12.4 Å². The third-order valence-electron chi connectivity index (χ3n) is 12.3. The van der Waals surface area contributed by atoms with Gasteiger partial charge in [-0.15, -0.1) is 0 Å². The fourth-order valence-electron chi connectivity index (χ4n) is 9.38. The van der Waals surface area contributed by atoms with E-state index in [4.69, 9.17) is 9.97 Å². The van der Waals surface area contributed by atoms with Gasteiger partial charge in [-0.1, -0.05) is 152 Å². The summed E-state index contributed by atoms with van der Waals surface area (Å²) >= 11 is 0. The van der Waals surface area contributed by atoms with Gasteiger partial charge in [0.15, 0.2) is 5.82 Å². The Hall–Kier alpha value is -7.98. The molecule has 0 radical (unpaired) electrons. The molecule has 65 heavy (non-hydrogen) atoms. The standard InChI is InChI=1S/C55H34F6N4/c56-54(57,58)53(55(59,60)61,38-25-23-36(24-26-38)47-34-46(35-13-3-1-4-14-35)62-52(63-47)37-15-5-2-6-16-37)39-27-29-40(30-28-39)64-50-22-12-9-19-44(50)45-33-41(31-32-51(45)64)65-48-20-10-7-17-42(48)43-18-8-11-21-49(43)65/h1-34H. The van der Waals surface area contributed by atoms with E-state index < -0.39 is 28.9 Å². The maximum Gasteiger partial charge on any atom is 0.411 e. The number of hydrogen-bond donors (Lipinski definition) is 0. The van der Waals surface area contributed by atoms with E-state index in [9.17, 15) is 0 Å². The van der Waals surface area contributed by atoms with Crippen LogP contribution in [0.5, 0.6) is 0 Å². The molecule has 10 heteroatoms. The number of aromatic nitrogens is 4. The molecule has 0 N–H and O–H groups in total. The highest BCUT2D eigenvalue weighted by Crippen LogP contribution is 2.56. The highest BCUT2D eigenvalue weighted by Gasteiger charge is 2.72. The summed E-state index contributed by atoms with van der Waals surface area (Å²) < 4.78 is 97.3. The van der Waals surface area contributed by atoms with Gasteiger partial charge in [0.2, 0.25) is 5.41 Å². The molecule has 8 aromatic carbocycles. The van der Waals surface area contributed by atoms with Crippen molar-refractivity contribution < 1.29 is 26.3 Å². The molecule has 0 amide bonds. The van der Waals surface area contributed by atoms with Gasteiger partial charge < -0.3 is 9.13 Å². The highest BCUT2D eigenvalue weighted by atomic mass is 19.4. The summed E-state index contributed by atoms with van der Waals surface area (Å²) in [7, 11) is 0. The molecule has 0 saturated heterocycles. The van der Waals surface area contributed by atoms with E-state index in [0.29, 0.717) is 34.0 Å². The number of alkyl halides is 6. The Kier molecular flexibility index (Phi) is 9.25. The fourth-order valence-corrected chi connectivity index (χ4v) is 9.38. The number of hydrogen-bond acceptors (Lipinski definition) is 2.